The van der Waals surface area contributed by atoms with Gasteiger partial charge in [0, 0.05) is 11.3 Å². The first-order valence-electron chi connectivity index (χ1n) is 7.95. The van der Waals surface area contributed by atoms with Crippen molar-refractivity contribution in [3.8, 4) is 6.07 Å². The van der Waals surface area contributed by atoms with Crippen LogP contribution in [-0.4, -0.2) is 11.8 Å². The van der Waals surface area contributed by atoms with E-state index in [0.29, 0.717) is 26.7 Å². The molecule has 0 spiro atoms. The Morgan fingerprint density at radius 3 is 2.56 bits per heavy atom. The van der Waals surface area contributed by atoms with E-state index in [9.17, 15) is 14.0 Å². The number of nitriles is 1. The highest BCUT2D eigenvalue weighted by atomic mass is 32.1. The van der Waals surface area contributed by atoms with E-state index in [4.69, 9.17) is 5.26 Å². The molecule has 0 saturated carbocycles. The molecule has 2 aromatic carbocycles. The number of amides is 2. The molecule has 0 unspecified atom stereocenters. The Morgan fingerprint density at radius 2 is 1.81 bits per heavy atom. The van der Waals surface area contributed by atoms with Gasteiger partial charge in [0.2, 0.25) is 0 Å². The molecule has 0 atom stereocenters. The van der Waals surface area contributed by atoms with Crippen LogP contribution in [0.15, 0.2) is 54.6 Å². The molecule has 1 aromatic heterocycles. The van der Waals surface area contributed by atoms with Crippen LogP contribution in [0, 0.1) is 24.1 Å². The fourth-order valence-electron chi connectivity index (χ4n) is 2.44. The number of halogens is 1. The molecule has 0 fully saturated rings. The predicted molar refractivity (Wildman–Crippen MR) is 103 cm³/mol. The number of carbonyl (C=O) groups is 2. The van der Waals surface area contributed by atoms with Gasteiger partial charge in [-0.1, -0.05) is 12.1 Å². The Bertz CT molecular complexity index is 1070. The van der Waals surface area contributed by atoms with Crippen LogP contribution in [-0.2, 0) is 0 Å². The second kappa shape index (κ2) is 7.81. The summed E-state index contributed by atoms with van der Waals surface area (Å²) in [6.07, 6.45) is 0. The molecule has 0 aliphatic rings. The first-order valence-corrected chi connectivity index (χ1v) is 8.77. The molecule has 1 heterocycles. The van der Waals surface area contributed by atoms with Gasteiger partial charge >= 0.3 is 0 Å². The number of hydrogen-bond donors (Lipinski definition) is 2. The van der Waals surface area contributed by atoms with Crippen LogP contribution < -0.4 is 10.6 Å². The van der Waals surface area contributed by atoms with Gasteiger partial charge in [-0.25, -0.2) is 4.39 Å². The number of rotatable bonds is 4. The SMILES string of the molecule is Cc1cc(NC(=O)c2cccc(F)c2)sc1C(=O)Nc1cccc(C#N)c1. The predicted octanol–water partition coefficient (Wildman–Crippen LogP) is 4.57. The number of hydrogen-bond acceptors (Lipinski definition) is 4. The van der Waals surface area contributed by atoms with Crippen LogP contribution >= 0.6 is 11.3 Å². The first kappa shape index (κ1) is 18.3. The normalized spacial score (nSPS) is 10.1. The lowest BCUT2D eigenvalue weighted by Gasteiger charge is -2.04. The Kier molecular flexibility index (Phi) is 5.29. The van der Waals surface area contributed by atoms with Crippen LogP contribution in [0.4, 0.5) is 15.1 Å². The minimum atomic E-state index is -0.496. The Balaban J connectivity index is 1.74. The number of carbonyl (C=O) groups excluding carboxylic acids is 2. The fraction of sp³-hybridized carbons (Fsp3) is 0.0500. The third-order valence-electron chi connectivity index (χ3n) is 3.70. The van der Waals surface area contributed by atoms with Crippen LogP contribution in [0.25, 0.3) is 0 Å². The summed E-state index contributed by atoms with van der Waals surface area (Å²) in [7, 11) is 0. The second-order valence-electron chi connectivity index (χ2n) is 5.73. The summed E-state index contributed by atoms with van der Waals surface area (Å²) in [5.74, 6) is -1.28. The number of nitrogens with zero attached hydrogens (tertiary/aromatic N) is 1. The van der Waals surface area contributed by atoms with Gasteiger partial charge in [0.25, 0.3) is 11.8 Å². The number of thiophene rings is 1. The van der Waals surface area contributed by atoms with E-state index in [2.05, 4.69) is 10.6 Å². The molecule has 0 radical (unpaired) electrons. The van der Waals surface area contributed by atoms with Crippen molar-refractivity contribution in [3.63, 3.8) is 0 Å². The zero-order chi connectivity index (χ0) is 19.4. The van der Waals surface area contributed by atoms with Crippen LogP contribution in [0.5, 0.6) is 0 Å². The maximum absolute atomic E-state index is 13.3. The summed E-state index contributed by atoms with van der Waals surface area (Å²) in [5.41, 5.74) is 1.85. The molecule has 5 nitrogen and oxygen atoms in total. The van der Waals surface area contributed by atoms with Crippen molar-refractivity contribution in [2.45, 2.75) is 6.92 Å². The molecule has 3 aromatic rings. The molecule has 7 heteroatoms. The van der Waals surface area contributed by atoms with Crippen molar-refractivity contribution in [2.24, 2.45) is 0 Å². The number of benzene rings is 2. The summed E-state index contributed by atoms with van der Waals surface area (Å²) in [4.78, 5) is 25.2. The zero-order valence-corrected chi connectivity index (χ0v) is 15.1. The third-order valence-corrected chi connectivity index (χ3v) is 4.85. The van der Waals surface area contributed by atoms with E-state index >= 15 is 0 Å². The highest BCUT2D eigenvalue weighted by Crippen LogP contribution is 2.28. The molecule has 3 rings (SSSR count). The van der Waals surface area contributed by atoms with Crippen molar-refractivity contribution in [2.75, 3.05) is 10.6 Å². The zero-order valence-electron chi connectivity index (χ0n) is 14.2. The topological polar surface area (TPSA) is 82.0 Å². The van der Waals surface area contributed by atoms with Crippen molar-refractivity contribution < 1.29 is 14.0 Å². The van der Waals surface area contributed by atoms with Gasteiger partial charge in [-0.05, 0) is 55.0 Å². The van der Waals surface area contributed by atoms with E-state index in [1.54, 1.807) is 37.3 Å². The molecule has 2 amide bonds. The van der Waals surface area contributed by atoms with Crippen molar-refractivity contribution >= 4 is 33.8 Å². The monoisotopic (exact) mass is 379 g/mol. The maximum atomic E-state index is 13.3. The molecular weight excluding hydrogens is 365 g/mol. The highest BCUT2D eigenvalue weighted by molar-refractivity contribution is 7.18. The van der Waals surface area contributed by atoms with Gasteiger partial charge in [0.05, 0.1) is 21.5 Å². The minimum absolute atomic E-state index is 0.195. The summed E-state index contributed by atoms with van der Waals surface area (Å²) in [6, 6.07) is 15.7. The van der Waals surface area contributed by atoms with Gasteiger partial charge in [-0.2, -0.15) is 5.26 Å². The third kappa shape index (κ3) is 4.37. The van der Waals surface area contributed by atoms with Gasteiger partial charge in [0.15, 0.2) is 0 Å². The lowest BCUT2D eigenvalue weighted by molar-refractivity contribution is 0.101. The lowest BCUT2D eigenvalue weighted by Crippen LogP contribution is -2.11. The van der Waals surface area contributed by atoms with Crippen molar-refractivity contribution in [1.82, 2.24) is 0 Å². The van der Waals surface area contributed by atoms with Crippen LogP contribution in [0.1, 0.15) is 31.2 Å². The van der Waals surface area contributed by atoms with Crippen LogP contribution in [0.3, 0.4) is 0 Å². The van der Waals surface area contributed by atoms with Crippen LogP contribution in [0.2, 0.25) is 0 Å². The van der Waals surface area contributed by atoms with Gasteiger partial charge in [-0.15, -0.1) is 11.3 Å². The smallest absolute Gasteiger partial charge is 0.266 e. The molecule has 0 aliphatic heterocycles. The molecular formula is C20H14FN3O2S. The second-order valence-corrected chi connectivity index (χ2v) is 6.79. The molecule has 0 saturated heterocycles. The summed E-state index contributed by atoms with van der Waals surface area (Å²) in [5, 5.41) is 14.8. The number of aryl methyl sites for hydroxylation is 1. The van der Waals surface area contributed by atoms with E-state index in [0.717, 1.165) is 17.4 Å². The van der Waals surface area contributed by atoms with Gasteiger partial charge in [-0.3, -0.25) is 9.59 Å². The number of nitrogens with one attached hydrogen (secondary N) is 2. The Hall–Kier alpha value is -3.50. The van der Waals surface area contributed by atoms with Gasteiger partial charge in [0.1, 0.15) is 5.82 Å². The maximum Gasteiger partial charge on any atom is 0.266 e. The van der Waals surface area contributed by atoms with E-state index < -0.39 is 11.7 Å². The quantitative estimate of drug-likeness (QED) is 0.696. The van der Waals surface area contributed by atoms with E-state index in [-0.39, 0.29) is 11.5 Å². The van der Waals surface area contributed by atoms with Crippen molar-refractivity contribution in [3.05, 3.63) is 82.0 Å². The Labute approximate surface area is 159 Å². The molecule has 0 bridgehead atoms. The average Bonchev–Trinajstić information content (AvgIpc) is 3.02. The first-order chi connectivity index (χ1) is 13.0. The average molecular weight is 379 g/mol. The molecule has 2 N–H and O–H groups in total. The largest absolute Gasteiger partial charge is 0.321 e. The standard InChI is InChI=1S/C20H14FN3O2S/c1-12-8-17(24-19(25)14-5-3-6-15(21)10-14)27-18(12)20(26)23-16-7-2-4-13(9-16)11-22/h2-10H,1H3,(H,23,26)(H,24,25). The lowest BCUT2D eigenvalue weighted by atomic mass is 10.2. The van der Waals surface area contributed by atoms with E-state index in [1.807, 2.05) is 6.07 Å². The highest BCUT2D eigenvalue weighted by Gasteiger charge is 2.16. The molecule has 134 valence electrons. The summed E-state index contributed by atoms with van der Waals surface area (Å²) in [6.45, 7) is 1.76. The van der Waals surface area contributed by atoms with E-state index in [1.165, 1.54) is 18.2 Å². The Morgan fingerprint density at radius 1 is 1.04 bits per heavy atom. The van der Waals surface area contributed by atoms with Gasteiger partial charge < -0.3 is 10.6 Å². The molecule has 0 aliphatic carbocycles. The fourth-order valence-corrected chi connectivity index (χ4v) is 3.40. The summed E-state index contributed by atoms with van der Waals surface area (Å²) < 4.78 is 13.3. The minimum Gasteiger partial charge on any atom is -0.321 e. The number of anilines is 2. The molecule has 27 heavy (non-hydrogen) atoms. The summed E-state index contributed by atoms with van der Waals surface area (Å²) >= 11 is 1.12. The van der Waals surface area contributed by atoms with Crippen molar-refractivity contribution in [1.29, 1.82) is 5.26 Å².